The highest BCUT2D eigenvalue weighted by Gasteiger charge is 2.33. The van der Waals surface area contributed by atoms with Crippen LogP contribution in [0.4, 0.5) is 17.6 Å². The Morgan fingerprint density at radius 2 is 1.88 bits per heavy atom. The number of morpholine rings is 1. The number of hydrogen-bond acceptors (Lipinski definition) is 6. The van der Waals surface area contributed by atoms with E-state index in [-0.39, 0.29) is 31.5 Å². The average Bonchev–Trinajstić information content (AvgIpc) is 2.81. The van der Waals surface area contributed by atoms with Crippen molar-refractivity contribution in [3.05, 3.63) is 78.0 Å². The Morgan fingerprint density at radius 1 is 1.09 bits per heavy atom. The molecule has 4 rings (SSSR count). The van der Waals surface area contributed by atoms with Gasteiger partial charge < -0.3 is 19.1 Å². The SMILES string of the molecule is O=C1COCC(c2cnccc2Oc2ccc(F)cc2)N1Cc1ccc(OCC(F)(F)F)nc1. The minimum atomic E-state index is -4.47. The number of hydrogen-bond donors (Lipinski definition) is 0. The molecule has 11 heteroatoms. The Hall–Kier alpha value is -3.73. The van der Waals surface area contributed by atoms with E-state index >= 15 is 0 Å². The Kier molecular flexibility index (Phi) is 6.92. The molecule has 0 aliphatic carbocycles. The maximum atomic E-state index is 13.2. The van der Waals surface area contributed by atoms with Crippen LogP contribution in [0.25, 0.3) is 0 Å². The van der Waals surface area contributed by atoms with E-state index in [9.17, 15) is 22.4 Å². The highest BCUT2D eigenvalue weighted by atomic mass is 19.4. The van der Waals surface area contributed by atoms with Gasteiger partial charge in [-0.1, -0.05) is 6.07 Å². The molecule has 0 N–H and O–H groups in total. The van der Waals surface area contributed by atoms with Gasteiger partial charge in [-0.2, -0.15) is 13.2 Å². The minimum absolute atomic E-state index is 0.120. The van der Waals surface area contributed by atoms with Crippen LogP contribution in [0.5, 0.6) is 17.4 Å². The van der Waals surface area contributed by atoms with Gasteiger partial charge in [-0.25, -0.2) is 9.37 Å². The molecule has 1 amide bonds. The fraction of sp³-hybridized carbons (Fsp3) is 0.261. The van der Waals surface area contributed by atoms with Crippen molar-refractivity contribution >= 4 is 5.91 Å². The fourth-order valence-electron chi connectivity index (χ4n) is 3.37. The number of rotatable bonds is 7. The number of carbonyl (C=O) groups is 1. The summed E-state index contributed by atoms with van der Waals surface area (Å²) < 4.78 is 66.2. The van der Waals surface area contributed by atoms with Crippen molar-refractivity contribution in [1.82, 2.24) is 14.9 Å². The topological polar surface area (TPSA) is 73.8 Å². The van der Waals surface area contributed by atoms with E-state index in [0.717, 1.165) is 0 Å². The van der Waals surface area contributed by atoms with Gasteiger partial charge in [0.25, 0.3) is 0 Å². The van der Waals surface area contributed by atoms with Gasteiger partial charge in [-0.05, 0) is 35.9 Å². The predicted molar refractivity (Wildman–Crippen MR) is 111 cm³/mol. The van der Waals surface area contributed by atoms with Crippen LogP contribution in [0.3, 0.4) is 0 Å². The van der Waals surface area contributed by atoms with Crippen molar-refractivity contribution < 1.29 is 36.6 Å². The Morgan fingerprint density at radius 3 is 2.59 bits per heavy atom. The summed E-state index contributed by atoms with van der Waals surface area (Å²) in [6.07, 6.45) is -0.0253. The average molecular weight is 477 g/mol. The van der Waals surface area contributed by atoms with Crippen molar-refractivity contribution in [1.29, 1.82) is 0 Å². The molecule has 1 saturated heterocycles. The van der Waals surface area contributed by atoms with Crippen LogP contribution < -0.4 is 9.47 Å². The molecule has 2 aromatic heterocycles. The summed E-state index contributed by atoms with van der Waals surface area (Å²) in [6, 6.07) is 9.43. The molecule has 1 unspecified atom stereocenters. The summed E-state index contributed by atoms with van der Waals surface area (Å²) in [6.45, 7) is -1.26. The molecule has 1 aliphatic heterocycles. The number of benzene rings is 1. The third-order valence-electron chi connectivity index (χ3n) is 4.94. The van der Waals surface area contributed by atoms with E-state index in [4.69, 9.17) is 9.47 Å². The van der Waals surface area contributed by atoms with Gasteiger partial charge in [0.1, 0.15) is 23.9 Å². The number of pyridine rings is 2. The molecular weight excluding hydrogens is 458 g/mol. The van der Waals surface area contributed by atoms with Crippen LogP contribution in [0.2, 0.25) is 0 Å². The number of nitrogens with zero attached hydrogens (tertiary/aromatic N) is 3. The van der Waals surface area contributed by atoms with Crippen molar-refractivity contribution in [2.75, 3.05) is 19.8 Å². The predicted octanol–water partition coefficient (Wildman–Crippen LogP) is 4.45. The van der Waals surface area contributed by atoms with Crippen LogP contribution in [-0.4, -0.2) is 46.8 Å². The lowest BCUT2D eigenvalue weighted by atomic mass is 10.0. The number of carbonyl (C=O) groups excluding carboxylic acids is 1. The van der Waals surface area contributed by atoms with E-state index in [1.165, 1.54) is 48.8 Å². The van der Waals surface area contributed by atoms with Crippen LogP contribution in [0.15, 0.2) is 61.1 Å². The van der Waals surface area contributed by atoms with Gasteiger partial charge in [-0.15, -0.1) is 0 Å². The summed E-state index contributed by atoms with van der Waals surface area (Å²) in [7, 11) is 0. The summed E-state index contributed by atoms with van der Waals surface area (Å²) in [5.41, 5.74) is 1.17. The minimum Gasteiger partial charge on any atom is -0.468 e. The zero-order valence-corrected chi connectivity index (χ0v) is 17.7. The monoisotopic (exact) mass is 477 g/mol. The lowest BCUT2D eigenvalue weighted by Gasteiger charge is -2.36. The third kappa shape index (κ3) is 5.98. The molecule has 3 aromatic rings. The summed E-state index contributed by atoms with van der Waals surface area (Å²) in [4.78, 5) is 22.3. The zero-order chi connectivity index (χ0) is 24.1. The molecule has 1 atom stereocenters. The molecule has 0 bridgehead atoms. The molecule has 0 radical (unpaired) electrons. The normalized spacial score (nSPS) is 16.4. The van der Waals surface area contributed by atoms with Crippen molar-refractivity contribution in [2.45, 2.75) is 18.8 Å². The summed E-state index contributed by atoms with van der Waals surface area (Å²) in [5.74, 6) is -0.0346. The van der Waals surface area contributed by atoms with Crippen molar-refractivity contribution in [2.24, 2.45) is 0 Å². The molecule has 1 aromatic carbocycles. The number of alkyl halides is 3. The number of halogens is 4. The van der Waals surface area contributed by atoms with Gasteiger partial charge in [-0.3, -0.25) is 9.78 Å². The quantitative estimate of drug-likeness (QED) is 0.469. The second-order valence-electron chi connectivity index (χ2n) is 7.43. The lowest BCUT2D eigenvalue weighted by Crippen LogP contribution is -2.43. The Balaban J connectivity index is 1.53. The molecule has 178 valence electrons. The molecule has 34 heavy (non-hydrogen) atoms. The van der Waals surface area contributed by atoms with Gasteiger partial charge in [0.05, 0.1) is 12.6 Å². The standard InChI is InChI=1S/C23H19F4N3O4/c24-16-2-4-17(5-3-16)34-20-7-8-28-10-18(20)19-12-32-13-22(31)30(19)11-15-1-6-21(29-9-15)33-14-23(25,26)27/h1-10,19H,11-14H2. The zero-order valence-electron chi connectivity index (χ0n) is 17.7. The summed E-state index contributed by atoms with van der Waals surface area (Å²) >= 11 is 0. The van der Waals surface area contributed by atoms with Crippen LogP contribution >= 0.6 is 0 Å². The molecule has 0 spiro atoms. The maximum absolute atomic E-state index is 13.2. The van der Waals surface area contributed by atoms with E-state index in [1.807, 2.05) is 0 Å². The smallest absolute Gasteiger partial charge is 0.422 e. The third-order valence-corrected chi connectivity index (χ3v) is 4.94. The Labute approximate surface area is 191 Å². The van der Waals surface area contributed by atoms with Crippen molar-refractivity contribution in [3.8, 4) is 17.4 Å². The fourth-order valence-corrected chi connectivity index (χ4v) is 3.37. The molecular formula is C23H19F4N3O4. The molecule has 3 heterocycles. The molecule has 0 saturated carbocycles. The number of amides is 1. The lowest BCUT2D eigenvalue weighted by molar-refractivity contribution is -0.154. The van der Waals surface area contributed by atoms with Crippen LogP contribution in [-0.2, 0) is 16.1 Å². The largest absolute Gasteiger partial charge is 0.468 e. The first kappa shape index (κ1) is 23.4. The molecule has 7 nitrogen and oxygen atoms in total. The second kappa shape index (κ2) is 10.0. The van der Waals surface area contributed by atoms with E-state index in [1.54, 1.807) is 17.2 Å². The van der Waals surface area contributed by atoms with Crippen LogP contribution in [0, 0.1) is 5.82 Å². The Bertz CT molecular complexity index is 1120. The summed E-state index contributed by atoms with van der Waals surface area (Å²) in [5, 5.41) is 0. The number of ether oxygens (including phenoxy) is 3. The number of aromatic nitrogens is 2. The van der Waals surface area contributed by atoms with Crippen molar-refractivity contribution in [3.63, 3.8) is 0 Å². The molecule has 1 aliphatic rings. The van der Waals surface area contributed by atoms with E-state index < -0.39 is 24.6 Å². The second-order valence-corrected chi connectivity index (χ2v) is 7.43. The first-order valence-electron chi connectivity index (χ1n) is 10.2. The first-order valence-corrected chi connectivity index (χ1v) is 10.2. The van der Waals surface area contributed by atoms with Crippen LogP contribution in [0.1, 0.15) is 17.2 Å². The highest BCUT2D eigenvalue weighted by Crippen LogP contribution is 2.35. The highest BCUT2D eigenvalue weighted by molar-refractivity contribution is 5.78. The van der Waals surface area contributed by atoms with Gasteiger partial charge in [0.15, 0.2) is 6.61 Å². The maximum Gasteiger partial charge on any atom is 0.422 e. The first-order chi connectivity index (χ1) is 16.3. The van der Waals surface area contributed by atoms with E-state index in [2.05, 4.69) is 14.7 Å². The molecule has 1 fully saturated rings. The van der Waals surface area contributed by atoms with Gasteiger partial charge in [0, 0.05) is 36.8 Å². The van der Waals surface area contributed by atoms with Gasteiger partial charge in [0.2, 0.25) is 11.8 Å². The van der Waals surface area contributed by atoms with Gasteiger partial charge >= 0.3 is 6.18 Å². The van der Waals surface area contributed by atoms with E-state index in [0.29, 0.717) is 22.6 Å².